The number of pyridine rings is 1. The third-order valence-electron chi connectivity index (χ3n) is 5.05. The Kier molecular flexibility index (Phi) is 7.67. The maximum Gasteiger partial charge on any atom is 0.410 e. The lowest BCUT2D eigenvalue weighted by molar-refractivity contribution is -0.124. The van der Waals surface area contributed by atoms with Crippen LogP contribution in [0.15, 0.2) is 36.7 Å². The Morgan fingerprint density at radius 1 is 1.12 bits per heavy atom. The van der Waals surface area contributed by atoms with Crippen molar-refractivity contribution in [2.75, 3.05) is 32.3 Å². The normalized spacial score (nSPS) is 14.9. The number of carbonyl (C=O) groups is 4. The number of anilines is 1. The number of cyclic esters (lactones) is 1. The first kappa shape index (κ1) is 24.5. The van der Waals surface area contributed by atoms with Gasteiger partial charge in [-0.2, -0.15) is 0 Å². The van der Waals surface area contributed by atoms with Crippen molar-refractivity contribution in [3.05, 3.63) is 47.8 Å². The molecule has 0 spiro atoms. The predicted octanol–water partition coefficient (Wildman–Crippen LogP) is 2.18. The van der Waals surface area contributed by atoms with Crippen molar-refractivity contribution in [1.82, 2.24) is 9.88 Å². The summed E-state index contributed by atoms with van der Waals surface area (Å²) < 4.78 is 21.0. The van der Waals surface area contributed by atoms with Crippen molar-refractivity contribution < 1.29 is 38.1 Å². The van der Waals surface area contributed by atoms with E-state index in [2.05, 4.69) is 4.98 Å². The summed E-state index contributed by atoms with van der Waals surface area (Å²) in [5.74, 6) is -1.32. The molecule has 11 nitrogen and oxygen atoms in total. The van der Waals surface area contributed by atoms with E-state index in [1.807, 2.05) is 12.1 Å². The number of rotatable bonds is 8. The van der Waals surface area contributed by atoms with E-state index in [1.165, 1.54) is 38.3 Å². The largest absolute Gasteiger partial charge is 0.497 e. The summed E-state index contributed by atoms with van der Waals surface area (Å²) in [4.78, 5) is 55.2. The standard InChI is InChI=1S/C23H25N3O8/c1-14(27)26(15(2)28)21-19(22(29)32-4)9-24-10-20(21)33-13-18-12-25(23(30)34-18)11-16-5-7-17(31-3)8-6-16/h5-10,18H,11-13H2,1-4H3. The van der Waals surface area contributed by atoms with Gasteiger partial charge in [-0.05, 0) is 17.7 Å². The summed E-state index contributed by atoms with van der Waals surface area (Å²) in [7, 11) is 2.74. The molecule has 1 unspecified atom stereocenters. The van der Waals surface area contributed by atoms with E-state index in [4.69, 9.17) is 18.9 Å². The molecule has 3 amide bonds. The Morgan fingerprint density at radius 2 is 1.79 bits per heavy atom. The fourth-order valence-corrected chi connectivity index (χ4v) is 3.49. The molecule has 2 aromatic rings. The van der Waals surface area contributed by atoms with Gasteiger partial charge < -0.3 is 23.8 Å². The topological polar surface area (TPSA) is 125 Å². The number of nitrogens with zero attached hydrogens (tertiary/aromatic N) is 3. The van der Waals surface area contributed by atoms with Crippen LogP contribution in [0.5, 0.6) is 11.5 Å². The lowest BCUT2D eigenvalue weighted by atomic mass is 10.2. The van der Waals surface area contributed by atoms with Gasteiger partial charge in [-0.25, -0.2) is 14.5 Å². The van der Waals surface area contributed by atoms with Crippen LogP contribution in [0.4, 0.5) is 10.5 Å². The zero-order valence-corrected chi connectivity index (χ0v) is 19.3. The number of carbonyl (C=O) groups excluding carboxylic acids is 4. The van der Waals surface area contributed by atoms with Crippen molar-refractivity contribution in [1.29, 1.82) is 0 Å². The van der Waals surface area contributed by atoms with Crippen LogP contribution in [-0.2, 0) is 25.6 Å². The van der Waals surface area contributed by atoms with Gasteiger partial charge in [0.25, 0.3) is 0 Å². The van der Waals surface area contributed by atoms with Crippen LogP contribution in [0, 0.1) is 0 Å². The minimum absolute atomic E-state index is 0.00190. The van der Waals surface area contributed by atoms with Crippen LogP contribution < -0.4 is 14.4 Å². The van der Waals surface area contributed by atoms with E-state index in [0.717, 1.165) is 10.5 Å². The third kappa shape index (κ3) is 5.42. The maximum atomic E-state index is 12.3. The van der Waals surface area contributed by atoms with E-state index >= 15 is 0 Å². The van der Waals surface area contributed by atoms with Crippen LogP contribution in [0.1, 0.15) is 29.8 Å². The summed E-state index contributed by atoms with van der Waals surface area (Å²) in [5, 5.41) is 0. The average Bonchev–Trinajstić information content (AvgIpc) is 3.16. The molecule has 180 valence electrons. The molecule has 1 aromatic carbocycles. The molecule has 1 atom stereocenters. The van der Waals surface area contributed by atoms with Crippen LogP contribution >= 0.6 is 0 Å². The molecule has 0 aliphatic carbocycles. The van der Waals surface area contributed by atoms with Gasteiger partial charge in [0.2, 0.25) is 11.8 Å². The van der Waals surface area contributed by atoms with E-state index < -0.39 is 30.0 Å². The Labute approximate surface area is 196 Å². The van der Waals surface area contributed by atoms with E-state index in [-0.39, 0.29) is 30.2 Å². The van der Waals surface area contributed by atoms with Gasteiger partial charge >= 0.3 is 12.1 Å². The summed E-state index contributed by atoms with van der Waals surface area (Å²) in [6.45, 7) is 2.87. The van der Waals surface area contributed by atoms with Crippen LogP contribution in [0.3, 0.4) is 0 Å². The molecule has 1 fully saturated rings. The van der Waals surface area contributed by atoms with Gasteiger partial charge in [0.05, 0.1) is 27.0 Å². The average molecular weight is 471 g/mol. The van der Waals surface area contributed by atoms with Gasteiger partial charge in [-0.1, -0.05) is 12.1 Å². The highest BCUT2D eigenvalue weighted by Crippen LogP contribution is 2.33. The van der Waals surface area contributed by atoms with E-state index in [9.17, 15) is 19.2 Å². The molecular formula is C23H25N3O8. The van der Waals surface area contributed by atoms with Crippen molar-refractivity contribution in [3.8, 4) is 11.5 Å². The lowest BCUT2D eigenvalue weighted by Crippen LogP contribution is -2.35. The van der Waals surface area contributed by atoms with Crippen LogP contribution in [-0.4, -0.2) is 67.2 Å². The first-order valence-electron chi connectivity index (χ1n) is 10.3. The quantitative estimate of drug-likeness (QED) is 0.533. The molecule has 2 heterocycles. The first-order chi connectivity index (χ1) is 16.2. The summed E-state index contributed by atoms with van der Waals surface area (Å²) in [5.41, 5.74) is 0.700. The smallest absolute Gasteiger partial charge is 0.410 e. The SMILES string of the molecule is COC(=O)c1cncc(OCC2CN(Cc3ccc(OC)cc3)C(=O)O2)c1N(C(C)=O)C(C)=O. The first-order valence-corrected chi connectivity index (χ1v) is 10.3. The molecule has 1 aliphatic rings. The van der Waals surface area contributed by atoms with Crippen molar-refractivity contribution >= 4 is 29.6 Å². The van der Waals surface area contributed by atoms with Gasteiger partial charge in [0, 0.05) is 26.6 Å². The number of amides is 3. The minimum atomic E-state index is -0.793. The molecular weight excluding hydrogens is 446 g/mol. The Balaban J connectivity index is 1.75. The highest BCUT2D eigenvalue weighted by Gasteiger charge is 2.33. The van der Waals surface area contributed by atoms with Gasteiger partial charge in [-0.15, -0.1) is 0 Å². The zero-order valence-electron chi connectivity index (χ0n) is 19.3. The number of esters is 1. The number of methoxy groups -OCH3 is 2. The van der Waals surface area contributed by atoms with Crippen LogP contribution in [0.2, 0.25) is 0 Å². The molecule has 34 heavy (non-hydrogen) atoms. The van der Waals surface area contributed by atoms with Gasteiger partial charge in [0.15, 0.2) is 11.9 Å². The van der Waals surface area contributed by atoms with Crippen molar-refractivity contribution in [2.45, 2.75) is 26.5 Å². The summed E-state index contributed by atoms with van der Waals surface area (Å²) >= 11 is 0. The fourth-order valence-electron chi connectivity index (χ4n) is 3.49. The highest BCUT2D eigenvalue weighted by molar-refractivity contribution is 6.17. The number of aromatic nitrogens is 1. The number of imide groups is 1. The van der Waals surface area contributed by atoms with E-state index in [1.54, 1.807) is 19.2 Å². The second kappa shape index (κ2) is 10.6. The third-order valence-corrected chi connectivity index (χ3v) is 5.05. The molecule has 0 bridgehead atoms. The molecule has 1 aliphatic heterocycles. The molecule has 0 saturated carbocycles. The number of hydrogen-bond donors (Lipinski definition) is 0. The molecule has 0 N–H and O–H groups in total. The molecule has 1 saturated heterocycles. The number of benzene rings is 1. The maximum absolute atomic E-state index is 12.3. The highest BCUT2D eigenvalue weighted by atomic mass is 16.6. The second-order valence-corrected chi connectivity index (χ2v) is 7.44. The van der Waals surface area contributed by atoms with Gasteiger partial charge in [0.1, 0.15) is 23.6 Å². The zero-order chi connectivity index (χ0) is 24.8. The fraction of sp³-hybridized carbons (Fsp3) is 0.348. The summed E-state index contributed by atoms with van der Waals surface area (Å²) in [6, 6.07) is 7.31. The van der Waals surface area contributed by atoms with Crippen molar-refractivity contribution in [3.63, 3.8) is 0 Å². The molecule has 1 aromatic heterocycles. The molecule has 11 heteroatoms. The molecule has 3 rings (SSSR count). The lowest BCUT2D eigenvalue weighted by Gasteiger charge is -2.23. The number of ether oxygens (including phenoxy) is 4. The van der Waals surface area contributed by atoms with Crippen molar-refractivity contribution in [2.24, 2.45) is 0 Å². The van der Waals surface area contributed by atoms with Gasteiger partial charge in [-0.3, -0.25) is 14.6 Å². The van der Waals surface area contributed by atoms with E-state index in [0.29, 0.717) is 12.3 Å². The molecule has 0 radical (unpaired) electrons. The number of hydrogen-bond acceptors (Lipinski definition) is 9. The Bertz CT molecular complexity index is 1070. The predicted molar refractivity (Wildman–Crippen MR) is 119 cm³/mol. The Hall–Kier alpha value is -4.15. The van der Waals surface area contributed by atoms with Crippen LogP contribution in [0.25, 0.3) is 0 Å². The summed E-state index contributed by atoms with van der Waals surface area (Å²) in [6.07, 6.45) is 1.33. The minimum Gasteiger partial charge on any atom is -0.497 e. The second-order valence-electron chi connectivity index (χ2n) is 7.44. The monoisotopic (exact) mass is 471 g/mol. The Morgan fingerprint density at radius 3 is 2.38 bits per heavy atom.